The molecule has 0 aliphatic heterocycles. The molecule has 4 aromatic rings. The standard InChI is InChI=1S/C24H20Cl2FN3/c1-16-20(13-28-29-14-21-22(25)6-4-7-23(21)26)19-5-2-3-8-24(19)30(16)15-17-9-11-18(27)12-10-17/h2-13,29H,14-15H2,1H3/b28-13+. The maximum Gasteiger partial charge on any atom is 0.123 e. The van der Waals surface area contributed by atoms with Crippen LogP contribution in [0.5, 0.6) is 0 Å². The van der Waals surface area contributed by atoms with Gasteiger partial charge in [-0.15, -0.1) is 0 Å². The van der Waals surface area contributed by atoms with Crippen LogP contribution in [0.4, 0.5) is 4.39 Å². The Morgan fingerprint density at radius 1 is 0.967 bits per heavy atom. The number of aromatic nitrogens is 1. The van der Waals surface area contributed by atoms with E-state index in [1.165, 1.54) is 12.1 Å². The maximum atomic E-state index is 13.3. The summed E-state index contributed by atoms with van der Waals surface area (Å²) < 4.78 is 15.5. The predicted molar refractivity (Wildman–Crippen MR) is 123 cm³/mol. The molecule has 1 aromatic heterocycles. The summed E-state index contributed by atoms with van der Waals surface area (Å²) in [6.07, 6.45) is 1.82. The van der Waals surface area contributed by atoms with E-state index < -0.39 is 0 Å². The van der Waals surface area contributed by atoms with Crippen LogP contribution in [-0.2, 0) is 13.1 Å². The van der Waals surface area contributed by atoms with Crippen molar-refractivity contribution >= 4 is 40.3 Å². The molecule has 0 radical (unpaired) electrons. The second-order valence-corrected chi connectivity index (χ2v) is 7.84. The van der Waals surface area contributed by atoms with Gasteiger partial charge in [-0.3, -0.25) is 0 Å². The van der Waals surface area contributed by atoms with Gasteiger partial charge in [0.05, 0.1) is 12.8 Å². The van der Waals surface area contributed by atoms with E-state index in [4.69, 9.17) is 23.2 Å². The Labute approximate surface area is 184 Å². The molecule has 152 valence electrons. The number of para-hydroxylation sites is 1. The van der Waals surface area contributed by atoms with Crippen LogP contribution in [0.15, 0.2) is 71.8 Å². The first kappa shape index (κ1) is 20.5. The monoisotopic (exact) mass is 439 g/mol. The molecule has 0 saturated carbocycles. The minimum Gasteiger partial charge on any atom is -0.340 e. The zero-order valence-electron chi connectivity index (χ0n) is 16.4. The van der Waals surface area contributed by atoms with Crippen molar-refractivity contribution in [2.75, 3.05) is 0 Å². The lowest BCUT2D eigenvalue weighted by molar-refractivity contribution is 0.626. The first-order valence-electron chi connectivity index (χ1n) is 9.55. The summed E-state index contributed by atoms with van der Waals surface area (Å²) >= 11 is 12.4. The van der Waals surface area contributed by atoms with Crippen LogP contribution in [0.1, 0.15) is 22.4 Å². The van der Waals surface area contributed by atoms with E-state index in [2.05, 4.69) is 34.2 Å². The average Bonchev–Trinajstić information content (AvgIpc) is 3.00. The normalized spacial score (nSPS) is 11.5. The largest absolute Gasteiger partial charge is 0.340 e. The molecule has 0 aliphatic carbocycles. The number of benzene rings is 3. The molecule has 0 aliphatic rings. The van der Waals surface area contributed by atoms with E-state index in [-0.39, 0.29) is 5.82 Å². The highest BCUT2D eigenvalue weighted by Gasteiger charge is 2.13. The molecule has 30 heavy (non-hydrogen) atoms. The van der Waals surface area contributed by atoms with Crippen molar-refractivity contribution in [3.8, 4) is 0 Å². The Hall–Kier alpha value is -2.82. The van der Waals surface area contributed by atoms with Crippen LogP contribution in [0.25, 0.3) is 10.9 Å². The summed E-state index contributed by atoms with van der Waals surface area (Å²) in [7, 11) is 0. The molecule has 0 spiro atoms. The second-order valence-electron chi connectivity index (χ2n) is 7.02. The third-order valence-corrected chi connectivity index (χ3v) is 5.84. The summed E-state index contributed by atoms with van der Waals surface area (Å²) in [5, 5.41) is 6.73. The second kappa shape index (κ2) is 8.90. The number of nitrogens with one attached hydrogen (secondary N) is 1. The van der Waals surface area contributed by atoms with Crippen molar-refractivity contribution in [1.29, 1.82) is 0 Å². The number of fused-ring (bicyclic) bond motifs is 1. The zero-order valence-corrected chi connectivity index (χ0v) is 17.9. The molecule has 6 heteroatoms. The quantitative estimate of drug-likeness (QED) is 0.267. The smallest absolute Gasteiger partial charge is 0.123 e. The van der Waals surface area contributed by atoms with Gasteiger partial charge in [-0.2, -0.15) is 5.10 Å². The lowest BCUT2D eigenvalue weighted by Crippen LogP contribution is -2.07. The summed E-state index contributed by atoms with van der Waals surface area (Å²) in [5.74, 6) is -0.231. The topological polar surface area (TPSA) is 29.3 Å². The Bertz CT molecular complexity index is 1190. The van der Waals surface area contributed by atoms with E-state index in [0.717, 1.165) is 33.3 Å². The fourth-order valence-corrected chi connectivity index (χ4v) is 4.06. The van der Waals surface area contributed by atoms with Crippen LogP contribution < -0.4 is 5.43 Å². The van der Waals surface area contributed by atoms with Gasteiger partial charge in [-0.05, 0) is 42.8 Å². The van der Waals surface area contributed by atoms with Gasteiger partial charge in [0.1, 0.15) is 5.82 Å². The average molecular weight is 440 g/mol. The third-order valence-electron chi connectivity index (χ3n) is 5.14. The maximum absolute atomic E-state index is 13.3. The van der Waals surface area contributed by atoms with Gasteiger partial charge >= 0.3 is 0 Å². The number of nitrogens with zero attached hydrogens (tertiary/aromatic N) is 2. The van der Waals surface area contributed by atoms with Crippen molar-refractivity contribution in [2.24, 2.45) is 5.10 Å². The van der Waals surface area contributed by atoms with Gasteiger partial charge in [0.25, 0.3) is 0 Å². The van der Waals surface area contributed by atoms with Gasteiger partial charge in [0, 0.05) is 44.3 Å². The summed E-state index contributed by atoms with van der Waals surface area (Å²) in [6.45, 7) is 3.15. The fourth-order valence-electron chi connectivity index (χ4n) is 3.53. The number of hydrazone groups is 1. The molecular weight excluding hydrogens is 420 g/mol. The molecule has 0 saturated heterocycles. The van der Waals surface area contributed by atoms with Crippen molar-refractivity contribution in [1.82, 2.24) is 9.99 Å². The minimum atomic E-state index is -0.231. The van der Waals surface area contributed by atoms with Crippen LogP contribution in [0.2, 0.25) is 10.0 Å². The number of hydrogen-bond acceptors (Lipinski definition) is 2. The van der Waals surface area contributed by atoms with Crippen LogP contribution in [0, 0.1) is 12.7 Å². The predicted octanol–water partition coefficient (Wildman–Crippen LogP) is 6.57. The SMILES string of the molecule is Cc1c(/C=N/NCc2c(Cl)cccc2Cl)c2ccccc2n1Cc1ccc(F)cc1. The molecule has 1 heterocycles. The first-order valence-corrected chi connectivity index (χ1v) is 10.3. The molecule has 0 fully saturated rings. The Kier molecular flexibility index (Phi) is 6.07. The highest BCUT2D eigenvalue weighted by Crippen LogP contribution is 2.26. The van der Waals surface area contributed by atoms with Crippen LogP contribution in [-0.4, -0.2) is 10.8 Å². The van der Waals surface area contributed by atoms with Crippen molar-refractivity contribution < 1.29 is 4.39 Å². The van der Waals surface area contributed by atoms with Crippen molar-refractivity contribution in [3.05, 3.63) is 105 Å². The summed E-state index contributed by atoms with van der Waals surface area (Å²) in [5.41, 5.74) is 8.11. The molecule has 3 aromatic carbocycles. The van der Waals surface area contributed by atoms with Crippen molar-refractivity contribution in [2.45, 2.75) is 20.0 Å². The first-order chi connectivity index (χ1) is 14.5. The van der Waals surface area contributed by atoms with Crippen LogP contribution in [0.3, 0.4) is 0 Å². The van der Waals surface area contributed by atoms with Gasteiger partial charge in [-0.25, -0.2) is 4.39 Å². The molecular formula is C24H20Cl2FN3. The van der Waals surface area contributed by atoms with Gasteiger partial charge in [0.2, 0.25) is 0 Å². The zero-order chi connectivity index (χ0) is 21.1. The fraction of sp³-hybridized carbons (Fsp3) is 0.125. The summed E-state index contributed by atoms with van der Waals surface area (Å²) in [4.78, 5) is 0. The Balaban J connectivity index is 1.60. The van der Waals surface area contributed by atoms with Crippen molar-refractivity contribution in [3.63, 3.8) is 0 Å². The van der Waals surface area contributed by atoms with Gasteiger partial charge in [0.15, 0.2) is 0 Å². The molecule has 0 bridgehead atoms. The van der Waals surface area contributed by atoms with E-state index in [1.54, 1.807) is 12.1 Å². The lowest BCUT2D eigenvalue weighted by atomic mass is 10.1. The van der Waals surface area contributed by atoms with E-state index in [0.29, 0.717) is 23.1 Å². The molecule has 1 N–H and O–H groups in total. The number of hydrogen-bond donors (Lipinski definition) is 1. The van der Waals surface area contributed by atoms with E-state index in [9.17, 15) is 4.39 Å². The van der Waals surface area contributed by atoms with E-state index >= 15 is 0 Å². The molecule has 3 nitrogen and oxygen atoms in total. The highest BCUT2D eigenvalue weighted by molar-refractivity contribution is 6.35. The number of halogens is 3. The molecule has 4 rings (SSSR count). The van der Waals surface area contributed by atoms with Crippen LogP contribution >= 0.6 is 23.2 Å². The lowest BCUT2D eigenvalue weighted by Gasteiger charge is -2.09. The number of rotatable bonds is 6. The molecule has 0 unspecified atom stereocenters. The third kappa shape index (κ3) is 4.20. The van der Waals surface area contributed by atoms with E-state index in [1.807, 2.05) is 36.5 Å². The highest BCUT2D eigenvalue weighted by atomic mass is 35.5. The van der Waals surface area contributed by atoms with Gasteiger partial charge in [-0.1, -0.05) is 59.6 Å². The molecule has 0 atom stereocenters. The Morgan fingerprint density at radius 3 is 2.40 bits per heavy atom. The Morgan fingerprint density at radius 2 is 1.67 bits per heavy atom. The summed E-state index contributed by atoms with van der Waals surface area (Å²) in [6, 6.07) is 20.2. The molecule has 0 amide bonds. The van der Waals surface area contributed by atoms with Gasteiger partial charge < -0.3 is 9.99 Å². The minimum absolute atomic E-state index is 0.231.